The topological polar surface area (TPSA) is 35.5 Å². The Morgan fingerprint density at radius 3 is 2.75 bits per heavy atom. The number of unbranched alkanes of at least 4 members (excludes halogenated alkanes) is 2. The largest absolute Gasteiger partial charge is 0.508 e. The fourth-order valence-corrected chi connectivity index (χ4v) is 1.09. The molecule has 0 saturated carbocycles. The van der Waals surface area contributed by atoms with E-state index in [4.69, 9.17) is 4.74 Å². The summed E-state index contributed by atoms with van der Waals surface area (Å²) in [6, 6.07) is 0. The molecule has 0 aromatic rings. The summed E-state index contributed by atoms with van der Waals surface area (Å²) < 4.78 is 9.28. The van der Waals surface area contributed by atoms with Crippen molar-refractivity contribution in [2.75, 3.05) is 7.11 Å². The Morgan fingerprint density at radius 2 is 2.19 bits per heavy atom. The standard InChI is InChI=1S/C13H20O3/c1-5-6-7-8-9-11(2)10-12(3)16-13(14)15-4/h10,12H,5-7H2,1-4H3/b11-10-. The van der Waals surface area contributed by atoms with Gasteiger partial charge in [0.15, 0.2) is 0 Å². The maximum absolute atomic E-state index is 10.8. The molecule has 0 N–H and O–H groups in total. The summed E-state index contributed by atoms with van der Waals surface area (Å²) in [4.78, 5) is 10.8. The van der Waals surface area contributed by atoms with Crippen LogP contribution in [0.2, 0.25) is 0 Å². The number of ether oxygens (including phenoxy) is 2. The Kier molecular flexibility index (Phi) is 8.05. The zero-order valence-electron chi connectivity index (χ0n) is 10.5. The van der Waals surface area contributed by atoms with Crippen LogP contribution in [0, 0.1) is 11.8 Å². The Bertz CT molecular complexity index is 294. The smallest absolute Gasteiger partial charge is 0.438 e. The van der Waals surface area contributed by atoms with E-state index in [1.54, 1.807) is 13.0 Å². The van der Waals surface area contributed by atoms with Gasteiger partial charge in [-0.1, -0.05) is 25.2 Å². The summed E-state index contributed by atoms with van der Waals surface area (Å²) >= 11 is 0. The van der Waals surface area contributed by atoms with Crippen molar-refractivity contribution in [1.82, 2.24) is 0 Å². The van der Waals surface area contributed by atoms with Gasteiger partial charge in [-0.15, -0.1) is 0 Å². The zero-order chi connectivity index (χ0) is 12.4. The van der Waals surface area contributed by atoms with Crippen molar-refractivity contribution in [2.24, 2.45) is 0 Å². The van der Waals surface area contributed by atoms with E-state index in [0.29, 0.717) is 0 Å². The highest BCUT2D eigenvalue weighted by molar-refractivity contribution is 5.60. The summed E-state index contributed by atoms with van der Waals surface area (Å²) in [5, 5.41) is 0. The molecule has 0 spiro atoms. The number of carbonyl (C=O) groups is 1. The Labute approximate surface area is 97.8 Å². The lowest BCUT2D eigenvalue weighted by Gasteiger charge is -2.07. The van der Waals surface area contributed by atoms with E-state index in [9.17, 15) is 4.79 Å². The molecular formula is C13H20O3. The second-order valence-electron chi connectivity index (χ2n) is 3.53. The van der Waals surface area contributed by atoms with E-state index in [-0.39, 0.29) is 6.10 Å². The highest BCUT2D eigenvalue weighted by atomic mass is 16.7. The van der Waals surface area contributed by atoms with Crippen molar-refractivity contribution in [3.8, 4) is 11.8 Å². The molecule has 3 nitrogen and oxygen atoms in total. The van der Waals surface area contributed by atoms with E-state index in [0.717, 1.165) is 24.8 Å². The minimum atomic E-state index is -0.671. The van der Waals surface area contributed by atoms with Gasteiger partial charge in [-0.05, 0) is 31.9 Å². The summed E-state index contributed by atoms with van der Waals surface area (Å²) in [5.74, 6) is 6.09. The number of methoxy groups -OCH3 is 1. The van der Waals surface area contributed by atoms with Gasteiger partial charge in [0.2, 0.25) is 0 Å². The number of hydrogen-bond donors (Lipinski definition) is 0. The van der Waals surface area contributed by atoms with Crippen LogP contribution in [0.25, 0.3) is 0 Å². The third kappa shape index (κ3) is 7.93. The summed E-state index contributed by atoms with van der Waals surface area (Å²) in [5.41, 5.74) is 0.910. The minimum absolute atomic E-state index is 0.312. The normalized spacial score (nSPS) is 12.4. The molecule has 0 aliphatic carbocycles. The second-order valence-corrected chi connectivity index (χ2v) is 3.53. The van der Waals surface area contributed by atoms with Crippen LogP contribution < -0.4 is 0 Å². The van der Waals surface area contributed by atoms with Crippen molar-refractivity contribution in [2.45, 2.75) is 46.1 Å². The number of hydrogen-bond acceptors (Lipinski definition) is 3. The molecule has 1 unspecified atom stereocenters. The lowest BCUT2D eigenvalue weighted by atomic mass is 10.2. The van der Waals surface area contributed by atoms with Crippen LogP contribution in [0.3, 0.4) is 0 Å². The van der Waals surface area contributed by atoms with Crippen LogP contribution in [0.4, 0.5) is 4.79 Å². The fraction of sp³-hybridized carbons (Fsp3) is 0.615. The number of rotatable bonds is 4. The Morgan fingerprint density at radius 1 is 1.50 bits per heavy atom. The van der Waals surface area contributed by atoms with Crippen LogP contribution in [0.5, 0.6) is 0 Å². The van der Waals surface area contributed by atoms with Gasteiger partial charge < -0.3 is 9.47 Å². The van der Waals surface area contributed by atoms with Crippen molar-refractivity contribution in [3.63, 3.8) is 0 Å². The van der Waals surface area contributed by atoms with Gasteiger partial charge in [-0.25, -0.2) is 4.79 Å². The highest BCUT2D eigenvalue weighted by Gasteiger charge is 2.05. The van der Waals surface area contributed by atoms with Crippen LogP contribution in [0.1, 0.15) is 40.0 Å². The monoisotopic (exact) mass is 224 g/mol. The average Bonchev–Trinajstić information content (AvgIpc) is 2.24. The van der Waals surface area contributed by atoms with Gasteiger partial charge in [-0.3, -0.25) is 0 Å². The van der Waals surface area contributed by atoms with Crippen LogP contribution in [-0.4, -0.2) is 19.4 Å². The van der Waals surface area contributed by atoms with Gasteiger partial charge in [0.1, 0.15) is 6.10 Å². The first-order valence-electron chi connectivity index (χ1n) is 5.52. The zero-order valence-corrected chi connectivity index (χ0v) is 10.5. The molecular weight excluding hydrogens is 204 g/mol. The molecule has 0 aromatic carbocycles. The van der Waals surface area contributed by atoms with Crippen molar-refractivity contribution in [1.29, 1.82) is 0 Å². The number of allylic oxidation sites excluding steroid dienone is 1. The van der Waals surface area contributed by atoms with Crippen LogP contribution in [-0.2, 0) is 9.47 Å². The summed E-state index contributed by atoms with van der Waals surface area (Å²) in [6.45, 7) is 5.81. The van der Waals surface area contributed by atoms with Gasteiger partial charge in [0, 0.05) is 6.42 Å². The molecule has 0 saturated heterocycles. The lowest BCUT2D eigenvalue weighted by molar-refractivity contribution is 0.0577. The predicted molar refractivity (Wildman–Crippen MR) is 64.0 cm³/mol. The van der Waals surface area contributed by atoms with Gasteiger partial charge in [-0.2, -0.15) is 0 Å². The van der Waals surface area contributed by atoms with Crippen LogP contribution >= 0.6 is 0 Å². The maximum atomic E-state index is 10.8. The molecule has 0 radical (unpaired) electrons. The maximum Gasteiger partial charge on any atom is 0.508 e. The SMILES string of the molecule is CCCCC#C/C(C)=C\C(C)OC(=O)OC. The lowest BCUT2D eigenvalue weighted by Crippen LogP contribution is -2.12. The predicted octanol–water partition coefficient (Wildman–Crippen LogP) is 3.30. The molecule has 0 aliphatic heterocycles. The molecule has 0 heterocycles. The second kappa shape index (κ2) is 8.84. The van der Waals surface area contributed by atoms with E-state index in [1.807, 2.05) is 6.92 Å². The Hall–Kier alpha value is -1.43. The highest BCUT2D eigenvalue weighted by Crippen LogP contribution is 2.01. The minimum Gasteiger partial charge on any atom is -0.438 e. The average molecular weight is 224 g/mol. The van der Waals surface area contributed by atoms with E-state index in [2.05, 4.69) is 23.5 Å². The first-order valence-corrected chi connectivity index (χ1v) is 5.52. The van der Waals surface area contributed by atoms with Crippen molar-refractivity contribution in [3.05, 3.63) is 11.6 Å². The molecule has 0 aromatic heterocycles. The van der Waals surface area contributed by atoms with E-state index < -0.39 is 6.16 Å². The molecule has 0 bridgehead atoms. The molecule has 90 valence electrons. The molecule has 1 atom stereocenters. The van der Waals surface area contributed by atoms with Crippen LogP contribution in [0.15, 0.2) is 11.6 Å². The van der Waals surface area contributed by atoms with Gasteiger partial charge >= 0.3 is 6.16 Å². The third-order valence-electron chi connectivity index (χ3n) is 1.87. The van der Waals surface area contributed by atoms with Gasteiger partial charge in [0.25, 0.3) is 0 Å². The van der Waals surface area contributed by atoms with Crippen molar-refractivity contribution < 1.29 is 14.3 Å². The molecule has 0 aliphatic rings. The molecule has 0 amide bonds. The third-order valence-corrected chi connectivity index (χ3v) is 1.87. The fourth-order valence-electron chi connectivity index (χ4n) is 1.09. The molecule has 16 heavy (non-hydrogen) atoms. The molecule has 3 heteroatoms. The number of carbonyl (C=O) groups excluding carboxylic acids is 1. The first-order chi connectivity index (χ1) is 7.60. The first kappa shape index (κ1) is 14.6. The Balaban J connectivity index is 4.08. The molecule has 0 fully saturated rings. The van der Waals surface area contributed by atoms with E-state index >= 15 is 0 Å². The van der Waals surface area contributed by atoms with E-state index in [1.165, 1.54) is 7.11 Å². The summed E-state index contributed by atoms with van der Waals surface area (Å²) in [7, 11) is 1.29. The van der Waals surface area contributed by atoms with Gasteiger partial charge in [0.05, 0.1) is 7.11 Å². The van der Waals surface area contributed by atoms with Crippen molar-refractivity contribution >= 4 is 6.16 Å². The summed E-state index contributed by atoms with van der Waals surface area (Å²) in [6.07, 6.45) is 4.00. The molecule has 0 rings (SSSR count). The quantitative estimate of drug-likeness (QED) is 0.417.